The Hall–Kier alpha value is -1.92. The molecular weight excluding hydrogens is 336 g/mol. The number of aromatic nitrogens is 1. The van der Waals surface area contributed by atoms with Crippen molar-refractivity contribution in [3.63, 3.8) is 0 Å². The monoisotopic (exact) mass is 350 g/mol. The largest absolute Gasteiger partial charge is 0.478 e. The molecule has 0 aliphatic rings. The highest BCUT2D eigenvalue weighted by atomic mass is 79.9. The minimum atomic E-state index is -1.08. The van der Waals surface area contributed by atoms with Gasteiger partial charge in [0.25, 0.3) is 0 Å². The van der Waals surface area contributed by atoms with E-state index in [-0.39, 0.29) is 18.0 Å². The number of nitrogens with zero attached hydrogens (tertiary/aromatic N) is 1. The quantitative estimate of drug-likeness (QED) is 0.772. The first-order valence-electron chi connectivity index (χ1n) is 6.30. The Balaban J connectivity index is 2.42. The number of aromatic carboxylic acids is 1. The second-order valence-corrected chi connectivity index (χ2v) is 5.75. The van der Waals surface area contributed by atoms with Gasteiger partial charge in [-0.15, -0.1) is 0 Å². The first-order valence-corrected chi connectivity index (χ1v) is 7.09. The summed E-state index contributed by atoms with van der Waals surface area (Å²) in [7, 11) is 0. The van der Waals surface area contributed by atoms with E-state index in [4.69, 9.17) is 0 Å². The number of carboxylic acid groups (broad SMARTS) is 1. The van der Waals surface area contributed by atoms with E-state index >= 15 is 0 Å². The fourth-order valence-corrected chi connectivity index (χ4v) is 2.30. The van der Waals surface area contributed by atoms with Gasteiger partial charge in [-0.05, 0) is 34.5 Å². The van der Waals surface area contributed by atoms with Crippen LogP contribution in [-0.4, -0.2) is 27.8 Å². The van der Waals surface area contributed by atoms with Gasteiger partial charge < -0.3 is 15.5 Å². The van der Waals surface area contributed by atoms with Gasteiger partial charge in [0.2, 0.25) is 0 Å². The van der Waals surface area contributed by atoms with Gasteiger partial charge in [-0.1, -0.05) is 30.3 Å². The first kappa shape index (κ1) is 15.5. The Morgan fingerprint density at radius 3 is 2.62 bits per heavy atom. The zero-order chi connectivity index (χ0) is 15.5. The Bertz CT molecular complexity index is 649. The number of halogens is 1. The lowest BCUT2D eigenvalue weighted by Gasteiger charge is -2.30. The summed E-state index contributed by atoms with van der Waals surface area (Å²) in [6, 6.07) is 10.8. The maximum absolute atomic E-state index is 11.3. The van der Waals surface area contributed by atoms with E-state index < -0.39 is 11.5 Å². The van der Waals surface area contributed by atoms with Crippen LogP contribution < -0.4 is 5.32 Å². The molecule has 6 heteroatoms. The lowest BCUT2D eigenvalue weighted by atomic mass is 9.92. The fraction of sp³-hybridized carbons (Fsp3) is 0.200. The van der Waals surface area contributed by atoms with Crippen LogP contribution in [0.25, 0.3) is 0 Å². The predicted molar refractivity (Wildman–Crippen MR) is 83.4 cm³/mol. The van der Waals surface area contributed by atoms with Crippen LogP contribution in [0, 0.1) is 0 Å². The topological polar surface area (TPSA) is 82.5 Å². The van der Waals surface area contributed by atoms with Gasteiger partial charge in [-0.2, -0.15) is 0 Å². The van der Waals surface area contributed by atoms with Crippen molar-refractivity contribution in [1.29, 1.82) is 0 Å². The van der Waals surface area contributed by atoms with Crippen LogP contribution in [-0.2, 0) is 5.54 Å². The number of hydrogen-bond donors (Lipinski definition) is 3. The van der Waals surface area contributed by atoms with Crippen molar-refractivity contribution in [2.45, 2.75) is 12.5 Å². The molecule has 0 spiro atoms. The molecule has 5 nitrogen and oxygen atoms in total. The van der Waals surface area contributed by atoms with E-state index in [1.807, 2.05) is 30.3 Å². The molecule has 0 bridgehead atoms. The first-order chi connectivity index (χ1) is 9.96. The third-order valence-corrected chi connectivity index (χ3v) is 3.64. The van der Waals surface area contributed by atoms with Gasteiger partial charge in [-0.3, -0.25) is 0 Å². The highest BCUT2D eigenvalue weighted by molar-refractivity contribution is 9.10. The summed E-state index contributed by atoms with van der Waals surface area (Å²) in [6.45, 7) is 1.59. The van der Waals surface area contributed by atoms with E-state index in [9.17, 15) is 15.0 Å². The molecule has 2 rings (SSSR count). The Morgan fingerprint density at radius 1 is 1.38 bits per heavy atom. The summed E-state index contributed by atoms with van der Waals surface area (Å²) >= 11 is 3.20. The molecule has 0 radical (unpaired) electrons. The minimum Gasteiger partial charge on any atom is -0.478 e. The lowest BCUT2D eigenvalue weighted by Crippen LogP contribution is -2.36. The smallest absolute Gasteiger partial charge is 0.339 e. The summed E-state index contributed by atoms with van der Waals surface area (Å²) in [6.07, 6.45) is 1.51. The number of benzene rings is 1. The Kier molecular flexibility index (Phi) is 4.59. The van der Waals surface area contributed by atoms with Crippen LogP contribution in [0.2, 0.25) is 0 Å². The van der Waals surface area contributed by atoms with Crippen LogP contribution in [0.15, 0.2) is 47.1 Å². The second kappa shape index (κ2) is 6.24. The van der Waals surface area contributed by atoms with Gasteiger partial charge in [-0.25, -0.2) is 9.78 Å². The van der Waals surface area contributed by atoms with Crippen LogP contribution in [0.5, 0.6) is 0 Å². The number of rotatable bonds is 5. The summed E-state index contributed by atoms with van der Waals surface area (Å²) in [5.74, 6) is -0.870. The Morgan fingerprint density at radius 2 is 2.05 bits per heavy atom. The molecule has 0 fully saturated rings. The number of hydrogen-bond acceptors (Lipinski definition) is 4. The summed E-state index contributed by atoms with van der Waals surface area (Å²) in [5.41, 5.74) is 0.0558. The minimum absolute atomic E-state index is 0.0416. The fourth-order valence-electron chi connectivity index (χ4n) is 1.97. The molecule has 21 heavy (non-hydrogen) atoms. The number of anilines is 1. The third kappa shape index (κ3) is 3.40. The van der Waals surface area contributed by atoms with Crippen molar-refractivity contribution in [2.75, 3.05) is 11.9 Å². The number of aliphatic hydroxyl groups is 1. The Labute approximate surface area is 130 Å². The molecule has 1 aromatic heterocycles. The molecule has 110 valence electrons. The maximum atomic E-state index is 11.3. The zero-order valence-electron chi connectivity index (χ0n) is 11.4. The van der Waals surface area contributed by atoms with Crippen molar-refractivity contribution >= 4 is 27.7 Å². The van der Waals surface area contributed by atoms with Crippen molar-refractivity contribution in [1.82, 2.24) is 4.98 Å². The van der Waals surface area contributed by atoms with Gasteiger partial charge in [0.15, 0.2) is 0 Å². The molecule has 2 aromatic rings. The van der Waals surface area contributed by atoms with E-state index in [2.05, 4.69) is 26.2 Å². The SMILES string of the molecule is CC(CO)(Nc1ncc(Br)cc1C(=O)O)c1ccccc1. The molecule has 0 amide bonds. The highest BCUT2D eigenvalue weighted by Crippen LogP contribution is 2.27. The molecule has 0 aliphatic carbocycles. The molecule has 0 aliphatic heterocycles. The van der Waals surface area contributed by atoms with Crippen molar-refractivity contribution in [2.24, 2.45) is 0 Å². The molecule has 3 N–H and O–H groups in total. The number of carbonyl (C=O) groups is 1. The van der Waals surface area contributed by atoms with E-state index in [0.717, 1.165) is 5.56 Å². The third-order valence-electron chi connectivity index (χ3n) is 3.21. The van der Waals surface area contributed by atoms with E-state index in [0.29, 0.717) is 4.47 Å². The predicted octanol–water partition coefficient (Wildman–Crippen LogP) is 2.86. The highest BCUT2D eigenvalue weighted by Gasteiger charge is 2.28. The standard InChI is InChI=1S/C15H15BrN2O3/c1-15(9-19,10-5-3-2-4-6-10)18-13-12(14(20)21)7-11(16)8-17-13/h2-8,19H,9H2,1H3,(H,17,18)(H,20,21). The molecule has 1 heterocycles. The average molecular weight is 351 g/mol. The lowest BCUT2D eigenvalue weighted by molar-refractivity contribution is 0.0697. The van der Waals surface area contributed by atoms with Crippen molar-refractivity contribution in [3.05, 3.63) is 58.2 Å². The zero-order valence-corrected chi connectivity index (χ0v) is 13.0. The summed E-state index contributed by atoms with van der Waals surface area (Å²) in [5, 5.41) is 22.0. The molecular formula is C15H15BrN2O3. The summed E-state index contributed by atoms with van der Waals surface area (Å²) < 4.78 is 0.580. The van der Waals surface area contributed by atoms with Crippen molar-refractivity contribution < 1.29 is 15.0 Å². The summed E-state index contributed by atoms with van der Waals surface area (Å²) in [4.78, 5) is 15.4. The van der Waals surface area contributed by atoms with Crippen LogP contribution >= 0.6 is 15.9 Å². The number of aliphatic hydroxyl groups excluding tert-OH is 1. The van der Waals surface area contributed by atoms with Crippen LogP contribution in [0.3, 0.4) is 0 Å². The number of nitrogens with one attached hydrogen (secondary N) is 1. The molecule has 0 saturated heterocycles. The van der Waals surface area contributed by atoms with Gasteiger partial charge in [0.05, 0.1) is 12.1 Å². The molecule has 0 saturated carbocycles. The van der Waals surface area contributed by atoms with Gasteiger partial charge in [0.1, 0.15) is 11.4 Å². The van der Waals surface area contributed by atoms with E-state index in [1.54, 1.807) is 6.92 Å². The number of carboxylic acids is 1. The molecule has 1 aromatic carbocycles. The van der Waals surface area contributed by atoms with Crippen molar-refractivity contribution in [3.8, 4) is 0 Å². The van der Waals surface area contributed by atoms with Crippen LogP contribution in [0.1, 0.15) is 22.8 Å². The maximum Gasteiger partial charge on any atom is 0.339 e. The average Bonchev–Trinajstić information content (AvgIpc) is 2.49. The molecule has 1 atom stereocenters. The number of pyridine rings is 1. The van der Waals surface area contributed by atoms with E-state index in [1.165, 1.54) is 12.3 Å². The normalized spacial score (nSPS) is 13.5. The van der Waals surface area contributed by atoms with Gasteiger partial charge >= 0.3 is 5.97 Å². The van der Waals surface area contributed by atoms with Crippen LogP contribution in [0.4, 0.5) is 5.82 Å². The molecule has 1 unspecified atom stereocenters. The van der Waals surface area contributed by atoms with Gasteiger partial charge in [0, 0.05) is 10.7 Å². The second-order valence-electron chi connectivity index (χ2n) is 4.84.